The summed E-state index contributed by atoms with van der Waals surface area (Å²) in [5.74, 6) is 0.1000. The Bertz CT molecular complexity index is 262. The van der Waals surface area contributed by atoms with Gasteiger partial charge in [0.1, 0.15) is 0 Å². The summed E-state index contributed by atoms with van der Waals surface area (Å²) in [6.45, 7) is 2.31. The summed E-state index contributed by atoms with van der Waals surface area (Å²) >= 11 is 0. The molecule has 2 amide bonds. The Labute approximate surface area is 101 Å². The molecule has 0 aromatic carbocycles. The van der Waals surface area contributed by atoms with Gasteiger partial charge in [0.25, 0.3) is 0 Å². The lowest BCUT2D eigenvalue weighted by atomic mass is 10.2. The Balaban J connectivity index is 2.26. The highest BCUT2D eigenvalue weighted by molar-refractivity contribution is 5.76. The number of nitrogens with zero attached hydrogens (tertiary/aromatic N) is 2. The third kappa shape index (κ3) is 4.22. The van der Waals surface area contributed by atoms with E-state index in [0.717, 1.165) is 0 Å². The van der Waals surface area contributed by atoms with Crippen molar-refractivity contribution in [3.05, 3.63) is 0 Å². The largest absolute Gasteiger partial charge is 0.453 e. The Morgan fingerprint density at radius 2 is 1.71 bits per heavy atom. The number of carbonyl (C=O) groups excluding carboxylic acids is 2. The zero-order valence-corrected chi connectivity index (χ0v) is 10.2. The second-order valence-electron chi connectivity index (χ2n) is 4.02. The molecule has 0 bridgehead atoms. The quantitative estimate of drug-likeness (QED) is 0.710. The van der Waals surface area contributed by atoms with Crippen LogP contribution in [0.2, 0.25) is 0 Å². The molecule has 1 rings (SSSR count). The summed E-state index contributed by atoms with van der Waals surface area (Å²) in [5, 5.41) is 8.63. The number of unbranched alkanes of at least 4 members (excludes halogenated alkanes) is 1. The number of ether oxygens (including phenoxy) is 1. The van der Waals surface area contributed by atoms with E-state index in [1.165, 1.54) is 7.11 Å². The molecule has 98 valence electrons. The van der Waals surface area contributed by atoms with Crippen LogP contribution >= 0.6 is 0 Å². The number of hydrogen-bond acceptors (Lipinski definition) is 4. The highest BCUT2D eigenvalue weighted by Gasteiger charge is 2.23. The second kappa shape index (κ2) is 7.11. The summed E-state index contributed by atoms with van der Waals surface area (Å²) in [7, 11) is 1.36. The first-order valence-electron chi connectivity index (χ1n) is 5.90. The van der Waals surface area contributed by atoms with Gasteiger partial charge in [-0.25, -0.2) is 4.79 Å². The van der Waals surface area contributed by atoms with Gasteiger partial charge in [0.2, 0.25) is 5.91 Å². The molecule has 0 saturated carbocycles. The summed E-state index contributed by atoms with van der Waals surface area (Å²) < 4.78 is 4.62. The van der Waals surface area contributed by atoms with Gasteiger partial charge in [-0.1, -0.05) is 0 Å². The van der Waals surface area contributed by atoms with Crippen LogP contribution in [0.4, 0.5) is 4.79 Å². The second-order valence-corrected chi connectivity index (χ2v) is 4.02. The zero-order chi connectivity index (χ0) is 12.7. The van der Waals surface area contributed by atoms with Gasteiger partial charge in [0, 0.05) is 39.2 Å². The number of piperazine rings is 1. The van der Waals surface area contributed by atoms with E-state index in [1.807, 2.05) is 0 Å². The normalized spacial score (nSPS) is 15.9. The van der Waals surface area contributed by atoms with Gasteiger partial charge >= 0.3 is 6.09 Å². The molecular weight excluding hydrogens is 224 g/mol. The van der Waals surface area contributed by atoms with Crippen LogP contribution in [-0.4, -0.2) is 66.8 Å². The smallest absolute Gasteiger partial charge is 0.409 e. The number of rotatable bonds is 4. The molecule has 6 heteroatoms. The number of aliphatic hydroxyl groups is 1. The van der Waals surface area contributed by atoms with Gasteiger partial charge in [-0.2, -0.15) is 0 Å². The molecule has 1 fully saturated rings. The van der Waals surface area contributed by atoms with Crippen molar-refractivity contribution in [2.24, 2.45) is 0 Å². The molecule has 1 aliphatic heterocycles. The molecule has 0 atom stereocenters. The van der Waals surface area contributed by atoms with E-state index in [2.05, 4.69) is 4.74 Å². The molecule has 1 aliphatic rings. The first kappa shape index (κ1) is 13.8. The van der Waals surface area contributed by atoms with E-state index in [4.69, 9.17) is 5.11 Å². The van der Waals surface area contributed by atoms with Gasteiger partial charge in [0.15, 0.2) is 0 Å². The molecule has 0 spiro atoms. The maximum atomic E-state index is 11.7. The monoisotopic (exact) mass is 244 g/mol. The van der Waals surface area contributed by atoms with Crippen molar-refractivity contribution in [2.75, 3.05) is 39.9 Å². The topological polar surface area (TPSA) is 70.1 Å². The summed E-state index contributed by atoms with van der Waals surface area (Å²) in [5.41, 5.74) is 0. The van der Waals surface area contributed by atoms with Crippen LogP contribution in [0.3, 0.4) is 0 Å². The van der Waals surface area contributed by atoms with Crippen molar-refractivity contribution < 1.29 is 19.4 Å². The van der Waals surface area contributed by atoms with Crippen LogP contribution in [0.1, 0.15) is 19.3 Å². The van der Waals surface area contributed by atoms with Gasteiger partial charge in [-0.15, -0.1) is 0 Å². The van der Waals surface area contributed by atoms with E-state index >= 15 is 0 Å². The van der Waals surface area contributed by atoms with E-state index in [0.29, 0.717) is 45.4 Å². The first-order chi connectivity index (χ1) is 8.19. The summed E-state index contributed by atoms with van der Waals surface area (Å²) in [4.78, 5) is 26.3. The highest BCUT2D eigenvalue weighted by atomic mass is 16.5. The highest BCUT2D eigenvalue weighted by Crippen LogP contribution is 2.07. The average molecular weight is 244 g/mol. The minimum absolute atomic E-state index is 0.1000. The van der Waals surface area contributed by atoms with Crippen molar-refractivity contribution in [3.63, 3.8) is 0 Å². The fraction of sp³-hybridized carbons (Fsp3) is 0.818. The molecule has 6 nitrogen and oxygen atoms in total. The van der Waals surface area contributed by atoms with Gasteiger partial charge < -0.3 is 19.6 Å². The van der Waals surface area contributed by atoms with E-state index in [-0.39, 0.29) is 18.6 Å². The number of hydrogen-bond donors (Lipinski definition) is 1. The van der Waals surface area contributed by atoms with E-state index < -0.39 is 0 Å². The van der Waals surface area contributed by atoms with Crippen molar-refractivity contribution in [3.8, 4) is 0 Å². The SMILES string of the molecule is COC(=O)N1CCN(C(=O)CCCCO)CC1. The average Bonchev–Trinajstić information content (AvgIpc) is 2.38. The number of carbonyl (C=O) groups is 2. The molecular formula is C11H20N2O4. The fourth-order valence-electron chi connectivity index (χ4n) is 1.81. The van der Waals surface area contributed by atoms with Gasteiger partial charge in [0.05, 0.1) is 7.11 Å². The fourth-order valence-corrected chi connectivity index (χ4v) is 1.81. The van der Waals surface area contributed by atoms with Crippen LogP contribution in [-0.2, 0) is 9.53 Å². The first-order valence-corrected chi connectivity index (χ1v) is 5.90. The molecule has 1 saturated heterocycles. The van der Waals surface area contributed by atoms with Crippen molar-refractivity contribution >= 4 is 12.0 Å². The zero-order valence-electron chi connectivity index (χ0n) is 10.2. The summed E-state index contributed by atoms with van der Waals surface area (Å²) in [6, 6.07) is 0. The minimum atomic E-state index is -0.336. The lowest BCUT2D eigenvalue weighted by Crippen LogP contribution is -2.50. The molecule has 0 aromatic rings. The summed E-state index contributed by atoms with van der Waals surface area (Å²) in [6.07, 6.45) is 1.51. The predicted octanol–water partition coefficient (Wildman–Crippen LogP) is 0.0596. The number of methoxy groups -OCH3 is 1. The lowest BCUT2D eigenvalue weighted by Gasteiger charge is -2.33. The van der Waals surface area contributed by atoms with E-state index in [9.17, 15) is 9.59 Å². The molecule has 0 aliphatic carbocycles. The molecule has 1 heterocycles. The maximum Gasteiger partial charge on any atom is 0.409 e. The maximum absolute atomic E-state index is 11.7. The van der Waals surface area contributed by atoms with Crippen LogP contribution in [0.5, 0.6) is 0 Å². The van der Waals surface area contributed by atoms with Crippen LogP contribution in [0.15, 0.2) is 0 Å². The number of amides is 2. The van der Waals surface area contributed by atoms with Gasteiger partial charge in [-0.3, -0.25) is 4.79 Å². The Kier molecular flexibility index (Phi) is 5.76. The Hall–Kier alpha value is -1.30. The number of aliphatic hydroxyl groups excluding tert-OH is 1. The molecule has 17 heavy (non-hydrogen) atoms. The molecule has 0 unspecified atom stereocenters. The van der Waals surface area contributed by atoms with Gasteiger partial charge in [-0.05, 0) is 12.8 Å². The predicted molar refractivity (Wildman–Crippen MR) is 61.5 cm³/mol. The van der Waals surface area contributed by atoms with Crippen LogP contribution in [0.25, 0.3) is 0 Å². The molecule has 1 N–H and O–H groups in total. The molecule has 0 aromatic heterocycles. The standard InChI is InChI=1S/C11H20N2O4/c1-17-11(16)13-7-5-12(6-8-13)10(15)4-2-3-9-14/h14H,2-9H2,1H3. The van der Waals surface area contributed by atoms with Crippen LogP contribution < -0.4 is 0 Å². The Morgan fingerprint density at radius 3 is 2.24 bits per heavy atom. The van der Waals surface area contributed by atoms with Crippen molar-refractivity contribution in [2.45, 2.75) is 19.3 Å². The van der Waals surface area contributed by atoms with E-state index in [1.54, 1.807) is 9.80 Å². The third-order valence-corrected chi connectivity index (χ3v) is 2.86. The molecule has 0 radical (unpaired) electrons. The van der Waals surface area contributed by atoms with Crippen molar-refractivity contribution in [1.82, 2.24) is 9.80 Å². The Morgan fingerprint density at radius 1 is 1.12 bits per heavy atom. The third-order valence-electron chi connectivity index (χ3n) is 2.86. The van der Waals surface area contributed by atoms with Crippen molar-refractivity contribution in [1.29, 1.82) is 0 Å². The lowest BCUT2D eigenvalue weighted by molar-refractivity contribution is -0.132. The van der Waals surface area contributed by atoms with Crippen LogP contribution in [0, 0.1) is 0 Å². The minimum Gasteiger partial charge on any atom is -0.453 e.